The number of aryl methyl sites for hydroxylation is 1. The first-order chi connectivity index (χ1) is 28.0. The zero-order chi connectivity index (χ0) is 40.9. The van der Waals surface area contributed by atoms with Crippen LogP contribution < -0.4 is 11.1 Å². The number of aromatic amines is 2. The molecule has 3 aromatic heterocycles. The minimum Gasteiger partial charge on any atom is -0.453 e. The molecule has 2 aliphatic heterocycles. The predicted molar refractivity (Wildman–Crippen MR) is 212 cm³/mol. The van der Waals surface area contributed by atoms with Gasteiger partial charge in [-0.1, -0.05) is 48.5 Å². The first-order valence-corrected chi connectivity index (χ1v) is 19.2. The Labute approximate surface area is 335 Å². The summed E-state index contributed by atoms with van der Waals surface area (Å²) < 4.78 is 17.2. The van der Waals surface area contributed by atoms with E-state index < -0.39 is 30.4 Å². The Bertz CT molecular complexity index is 2230. The van der Waals surface area contributed by atoms with E-state index in [1.54, 1.807) is 46.2 Å². The van der Waals surface area contributed by atoms with Gasteiger partial charge in [0.25, 0.3) is 5.91 Å². The van der Waals surface area contributed by atoms with Gasteiger partial charge in [-0.2, -0.15) is 0 Å². The van der Waals surface area contributed by atoms with E-state index in [9.17, 15) is 19.2 Å². The number of nitrogens with two attached hydrogens (primary N) is 1. The number of nitrogens with zero attached hydrogens (tertiary/aromatic N) is 6. The molecule has 5 N–H and O–H groups in total. The summed E-state index contributed by atoms with van der Waals surface area (Å²) in [6.07, 6.45) is 6.64. The number of likely N-dealkylation sites (tertiary alicyclic amines) is 2. The van der Waals surface area contributed by atoms with Gasteiger partial charge in [0.05, 0.1) is 55.4 Å². The number of hydrogen-bond acceptors (Lipinski definition) is 10. The molecule has 0 bridgehead atoms. The van der Waals surface area contributed by atoms with Gasteiger partial charge in [0.15, 0.2) is 6.10 Å². The predicted octanol–water partition coefficient (Wildman–Crippen LogP) is 4.66. The summed E-state index contributed by atoms with van der Waals surface area (Å²) in [5.74, 6) is 0.761. The van der Waals surface area contributed by atoms with Crippen LogP contribution in [0.4, 0.5) is 9.59 Å². The highest BCUT2D eigenvalue weighted by Crippen LogP contribution is 2.35. The van der Waals surface area contributed by atoms with Crippen molar-refractivity contribution >= 4 is 24.0 Å². The van der Waals surface area contributed by atoms with Crippen molar-refractivity contribution in [1.29, 1.82) is 0 Å². The molecular formula is C41H48N10O7. The lowest BCUT2D eigenvalue weighted by atomic mass is 10.0. The molecule has 5 atom stereocenters. The minimum absolute atomic E-state index is 0.155. The molecule has 0 spiro atoms. The van der Waals surface area contributed by atoms with Crippen LogP contribution in [-0.4, -0.2) is 109 Å². The second kappa shape index (κ2) is 17.3. The highest BCUT2D eigenvalue weighted by atomic mass is 16.6. The Morgan fingerprint density at radius 3 is 1.79 bits per heavy atom. The van der Waals surface area contributed by atoms with Gasteiger partial charge in [0.1, 0.15) is 17.7 Å². The smallest absolute Gasteiger partial charge is 0.407 e. The first-order valence-electron chi connectivity index (χ1n) is 19.2. The van der Waals surface area contributed by atoms with E-state index in [1.807, 2.05) is 43.4 Å². The number of methoxy groups -OCH3 is 2. The van der Waals surface area contributed by atoms with E-state index >= 15 is 0 Å². The first kappa shape index (κ1) is 39.7. The van der Waals surface area contributed by atoms with Gasteiger partial charge in [-0.3, -0.25) is 9.59 Å². The Hall–Kier alpha value is -6.49. The van der Waals surface area contributed by atoms with E-state index in [0.29, 0.717) is 31.2 Å². The number of imidazole rings is 3. The number of ether oxygens (including phenoxy) is 3. The summed E-state index contributed by atoms with van der Waals surface area (Å²) in [5, 5.41) is 2.62. The number of aromatic nitrogens is 6. The van der Waals surface area contributed by atoms with Crippen molar-refractivity contribution < 1.29 is 33.4 Å². The van der Waals surface area contributed by atoms with Crippen LogP contribution in [0.15, 0.2) is 73.4 Å². The minimum atomic E-state index is -1.08. The van der Waals surface area contributed by atoms with Gasteiger partial charge in [-0.25, -0.2) is 24.5 Å². The lowest BCUT2D eigenvalue weighted by molar-refractivity contribution is -0.141. The van der Waals surface area contributed by atoms with Crippen molar-refractivity contribution in [1.82, 2.24) is 44.6 Å². The number of alkyl carbamates (subject to hydrolysis) is 1. The topological polar surface area (TPSA) is 216 Å². The molecule has 0 aliphatic carbocycles. The van der Waals surface area contributed by atoms with Crippen LogP contribution in [0.2, 0.25) is 0 Å². The molecule has 7 rings (SSSR count). The quantitative estimate of drug-likeness (QED) is 0.129. The number of carbonyl (C=O) groups excluding carboxylic acids is 4. The normalized spacial score (nSPS) is 18.1. The molecule has 58 heavy (non-hydrogen) atoms. The van der Waals surface area contributed by atoms with E-state index in [0.717, 1.165) is 58.6 Å². The number of hydrogen-bond donors (Lipinski definition) is 4. The molecule has 5 heterocycles. The zero-order valence-corrected chi connectivity index (χ0v) is 32.9. The summed E-state index contributed by atoms with van der Waals surface area (Å²) in [5.41, 5.74) is 11.7. The van der Waals surface area contributed by atoms with E-state index in [1.165, 1.54) is 14.2 Å². The molecule has 17 nitrogen and oxygen atoms in total. The molecule has 2 fully saturated rings. The Morgan fingerprint density at radius 2 is 1.33 bits per heavy atom. The Kier molecular flexibility index (Phi) is 11.9. The number of carbonyl (C=O) groups is 4. The van der Waals surface area contributed by atoms with Crippen LogP contribution >= 0.6 is 0 Å². The maximum absolute atomic E-state index is 13.7. The average molecular weight is 793 g/mol. The maximum atomic E-state index is 13.7. The molecule has 5 aromatic rings. The number of primary amides is 1. The van der Waals surface area contributed by atoms with Gasteiger partial charge in [0.2, 0.25) is 5.91 Å². The van der Waals surface area contributed by atoms with Crippen LogP contribution in [0.1, 0.15) is 62.0 Å². The summed E-state index contributed by atoms with van der Waals surface area (Å²) in [6.45, 7) is 2.77. The highest BCUT2D eigenvalue weighted by Gasteiger charge is 2.39. The van der Waals surface area contributed by atoms with Gasteiger partial charge >= 0.3 is 12.2 Å². The van der Waals surface area contributed by atoms with Crippen molar-refractivity contribution in [2.75, 3.05) is 27.3 Å². The van der Waals surface area contributed by atoms with Crippen LogP contribution in [0, 0.1) is 0 Å². The fraction of sp³-hybridized carbons (Fsp3) is 0.390. The second-order valence-corrected chi connectivity index (χ2v) is 14.6. The summed E-state index contributed by atoms with van der Waals surface area (Å²) >= 11 is 0. The zero-order valence-electron chi connectivity index (χ0n) is 32.9. The van der Waals surface area contributed by atoms with Gasteiger partial charge in [-0.15, -0.1) is 0 Å². The number of benzene rings is 2. The number of H-pyrrole nitrogens is 2. The maximum Gasteiger partial charge on any atom is 0.407 e. The Morgan fingerprint density at radius 1 is 0.810 bits per heavy atom. The van der Waals surface area contributed by atoms with Gasteiger partial charge in [0, 0.05) is 45.6 Å². The van der Waals surface area contributed by atoms with Crippen molar-refractivity contribution in [2.24, 2.45) is 12.8 Å². The number of amides is 4. The second-order valence-electron chi connectivity index (χ2n) is 14.6. The van der Waals surface area contributed by atoms with Gasteiger partial charge < -0.3 is 49.6 Å². The third-order valence-electron chi connectivity index (χ3n) is 11.0. The van der Waals surface area contributed by atoms with Gasteiger partial charge in [-0.05, 0) is 54.9 Å². The van der Waals surface area contributed by atoms with Crippen LogP contribution in [0.3, 0.4) is 0 Å². The standard InChI is InChI=1S/C41H48N10O7/c1-24(56-3)35(48-41(55)57-4)39(53)51-18-6-8-33(51)37-45-22-31(47-37)28-15-11-26(12-16-28)25-9-13-27(14-10-25)30-21-44-36(46-30)32-7-5-17-50(32)38(52)34(58-40(42)54)19-29-20-43-23-49(29)2/h9-16,20-24,32-35H,5-8,17-19H2,1-4H3,(H2,42,54)(H,44,46)(H,45,47)(H,48,55)/t24-,32+,33?,34+,35?/m1/s1. The average Bonchev–Trinajstić information content (AvgIpc) is 4.09. The fourth-order valence-electron chi connectivity index (χ4n) is 7.78. The number of nitrogens with one attached hydrogen (secondary N) is 3. The molecule has 4 amide bonds. The fourth-order valence-corrected chi connectivity index (χ4v) is 7.78. The third-order valence-corrected chi connectivity index (χ3v) is 11.0. The largest absolute Gasteiger partial charge is 0.453 e. The summed E-state index contributed by atoms with van der Waals surface area (Å²) in [6, 6.07) is 14.8. The van der Waals surface area contributed by atoms with Crippen LogP contribution in [0.25, 0.3) is 33.6 Å². The van der Waals surface area contributed by atoms with Crippen molar-refractivity contribution in [2.45, 2.75) is 69.4 Å². The molecule has 304 valence electrons. The third kappa shape index (κ3) is 8.44. The number of rotatable bonds is 13. The summed E-state index contributed by atoms with van der Waals surface area (Å²) in [7, 11) is 4.56. The molecule has 2 unspecified atom stereocenters. The lowest BCUT2D eigenvalue weighted by Gasteiger charge is -2.30. The van der Waals surface area contributed by atoms with E-state index in [-0.39, 0.29) is 30.3 Å². The molecule has 17 heteroatoms. The molecule has 0 radical (unpaired) electrons. The van der Waals surface area contributed by atoms with Crippen molar-refractivity contribution in [3.05, 3.63) is 90.8 Å². The van der Waals surface area contributed by atoms with Crippen LogP contribution in [0.5, 0.6) is 0 Å². The van der Waals surface area contributed by atoms with Crippen molar-refractivity contribution in [3.63, 3.8) is 0 Å². The monoisotopic (exact) mass is 792 g/mol. The highest BCUT2D eigenvalue weighted by molar-refractivity contribution is 5.87. The Balaban J connectivity index is 1.00. The van der Waals surface area contributed by atoms with E-state index in [2.05, 4.69) is 42.4 Å². The molecule has 2 aromatic carbocycles. The molecule has 2 saturated heterocycles. The SMILES string of the molecule is COC(=O)NC(C(=O)N1CCCC1c1ncc(-c2ccc(-c3ccc(-c4cnc([C@@H]5CCCN5C(=O)[C@H](Cc5cncn5C)OC(N)=O)[nH]4)cc3)cc2)[nH]1)[C@@H](C)OC. The molecular weight excluding hydrogens is 745 g/mol. The molecule has 0 saturated carbocycles. The van der Waals surface area contributed by atoms with Crippen molar-refractivity contribution in [3.8, 4) is 33.6 Å². The molecule has 2 aliphatic rings. The summed E-state index contributed by atoms with van der Waals surface area (Å²) in [4.78, 5) is 74.8. The van der Waals surface area contributed by atoms with E-state index in [4.69, 9.17) is 19.9 Å². The van der Waals surface area contributed by atoms with Crippen LogP contribution in [-0.2, 0) is 37.3 Å². The lowest BCUT2D eigenvalue weighted by Crippen LogP contribution is -2.54.